The van der Waals surface area contributed by atoms with Gasteiger partial charge in [0.1, 0.15) is 11.0 Å². The Morgan fingerprint density at radius 1 is 0.895 bits per heavy atom. The minimum absolute atomic E-state index is 1.26. The molecule has 0 unspecified atom stereocenters. The van der Waals surface area contributed by atoms with Crippen molar-refractivity contribution >= 4 is 32.8 Å². The Morgan fingerprint density at radius 3 is 2.53 bits per heavy atom. The minimum Gasteiger partial charge on any atom is -0.229 e. The number of rotatable bonds is 0. The molecule has 0 fully saturated rings. The second-order valence-corrected chi connectivity index (χ2v) is 5.08. The maximum atomic E-state index is 2.30. The average Bonchev–Trinajstić information content (AvgIpc) is 2.74. The number of hydrogen-bond donors (Lipinski definition) is 0. The van der Waals surface area contributed by atoms with E-state index in [2.05, 4.69) is 77.8 Å². The van der Waals surface area contributed by atoms with Crippen molar-refractivity contribution in [1.29, 1.82) is 0 Å². The molecular formula is C17H15N2+. The van der Waals surface area contributed by atoms with Gasteiger partial charge in [0, 0.05) is 10.8 Å². The molecule has 0 aliphatic carbocycles. The van der Waals surface area contributed by atoms with Gasteiger partial charge >= 0.3 is 0 Å². The standard InChI is InChI=1S/C17H15N2/c1-18-15-9-5-3-7-12(15)11-14-13-8-4-6-10-16(13)19(2)17(14)18/h3-11H,1-2H3/q+1. The lowest BCUT2D eigenvalue weighted by Gasteiger charge is -2.02. The summed E-state index contributed by atoms with van der Waals surface area (Å²) in [6.45, 7) is 0. The number of hydrogen-bond acceptors (Lipinski definition) is 0. The van der Waals surface area contributed by atoms with Crippen LogP contribution in [0.1, 0.15) is 0 Å². The first-order valence-electron chi connectivity index (χ1n) is 6.52. The maximum Gasteiger partial charge on any atom is 0.289 e. The van der Waals surface area contributed by atoms with Crippen LogP contribution in [0, 0.1) is 0 Å². The lowest BCUT2D eigenvalue weighted by atomic mass is 10.1. The molecule has 92 valence electrons. The van der Waals surface area contributed by atoms with E-state index in [1.54, 1.807) is 0 Å². The maximum absolute atomic E-state index is 2.30. The van der Waals surface area contributed by atoms with E-state index in [-0.39, 0.29) is 0 Å². The predicted molar refractivity (Wildman–Crippen MR) is 79.1 cm³/mol. The summed E-state index contributed by atoms with van der Waals surface area (Å²) < 4.78 is 4.56. The molecule has 0 amide bonds. The number of nitrogens with zero attached hydrogens (tertiary/aromatic N) is 2. The van der Waals surface area contributed by atoms with Gasteiger partial charge in [-0.05, 0) is 24.3 Å². The third-order valence-corrected chi connectivity index (χ3v) is 4.03. The van der Waals surface area contributed by atoms with Crippen molar-refractivity contribution in [1.82, 2.24) is 4.57 Å². The number of pyridine rings is 1. The number of aromatic nitrogens is 2. The van der Waals surface area contributed by atoms with Crippen LogP contribution in [0.4, 0.5) is 0 Å². The van der Waals surface area contributed by atoms with Crippen molar-refractivity contribution in [2.45, 2.75) is 0 Å². The van der Waals surface area contributed by atoms with Crippen LogP contribution in [0.25, 0.3) is 32.8 Å². The minimum atomic E-state index is 1.26. The van der Waals surface area contributed by atoms with Gasteiger partial charge < -0.3 is 0 Å². The fourth-order valence-corrected chi connectivity index (χ4v) is 3.14. The quantitative estimate of drug-likeness (QED) is 0.422. The summed E-state index contributed by atoms with van der Waals surface area (Å²) in [4.78, 5) is 0. The van der Waals surface area contributed by atoms with Gasteiger partial charge in [0.05, 0.1) is 19.5 Å². The van der Waals surface area contributed by atoms with Crippen molar-refractivity contribution in [2.24, 2.45) is 14.1 Å². The third-order valence-electron chi connectivity index (χ3n) is 4.03. The molecule has 0 aliphatic heterocycles. The van der Waals surface area contributed by atoms with E-state index in [4.69, 9.17) is 0 Å². The SMILES string of the molecule is Cn1c2ccccc2c2cc3ccccc3[n+](C)c21. The van der Waals surface area contributed by atoms with Crippen LogP contribution in [0.15, 0.2) is 54.6 Å². The van der Waals surface area contributed by atoms with Gasteiger partial charge in [-0.1, -0.05) is 30.3 Å². The largest absolute Gasteiger partial charge is 0.289 e. The van der Waals surface area contributed by atoms with Crippen LogP contribution >= 0.6 is 0 Å². The van der Waals surface area contributed by atoms with E-state index >= 15 is 0 Å². The van der Waals surface area contributed by atoms with Gasteiger partial charge in [0.2, 0.25) is 0 Å². The highest BCUT2D eigenvalue weighted by atomic mass is 15.1. The van der Waals surface area contributed by atoms with Gasteiger partial charge in [0.15, 0.2) is 0 Å². The van der Waals surface area contributed by atoms with Gasteiger partial charge in [-0.25, -0.2) is 9.13 Å². The Hall–Kier alpha value is -2.35. The van der Waals surface area contributed by atoms with Crippen molar-refractivity contribution in [3.63, 3.8) is 0 Å². The van der Waals surface area contributed by atoms with Crippen LogP contribution in [-0.2, 0) is 14.1 Å². The smallest absolute Gasteiger partial charge is 0.229 e. The molecule has 2 aromatic carbocycles. The monoisotopic (exact) mass is 247 g/mol. The molecular weight excluding hydrogens is 232 g/mol. The van der Waals surface area contributed by atoms with E-state index < -0.39 is 0 Å². The summed E-state index contributed by atoms with van der Waals surface area (Å²) in [6.07, 6.45) is 0. The third kappa shape index (κ3) is 1.28. The normalized spacial score (nSPS) is 11.7. The van der Waals surface area contributed by atoms with Crippen LogP contribution in [0.5, 0.6) is 0 Å². The highest BCUT2D eigenvalue weighted by Gasteiger charge is 2.18. The van der Waals surface area contributed by atoms with E-state index in [1.165, 1.54) is 32.8 Å². The van der Waals surface area contributed by atoms with Crippen molar-refractivity contribution in [3.8, 4) is 0 Å². The molecule has 0 saturated carbocycles. The molecule has 0 atom stereocenters. The molecule has 2 aromatic heterocycles. The lowest BCUT2D eigenvalue weighted by Crippen LogP contribution is -2.31. The number of para-hydroxylation sites is 2. The molecule has 0 spiro atoms. The second kappa shape index (κ2) is 3.58. The summed E-state index contributed by atoms with van der Waals surface area (Å²) in [5.74, 6) is 0. The molecule has 2 nitrogen and oxygen atoms in total. The van der Waals surface area contributed by atoms with Crippen LogP contribution in [0.3, 0.4) is 0 Å². The molecule has 0 aliphatic rings. The summed E-state index contributed by atoms with van der Waals surface area (Å²) in [6, 6.07) is 19.4. The fourth-order valence-electron chi connectivity index (χ4n) is 3.14. The highest BCUT2D eigenvalue weighted by Crippen LogP contribution is 2.28. The van der Waals surface area contributed by atoms with Crippen LogP contribution in [0.2, 0.25) is 0 Å². The van der Waals surface area contributed by atoms with Gasteiger partial charge in [-0.15, -0.1) is 0 Å². The van der Waals surface area contributed by atoms with E-state index in [0.29, 0.717) is 0 Å². The molecule has 19 heavy (non-hydrogen) atoms. The molecule has 0 saturated heterocycles. The Kier molecular flexibility index (Phi) is 1.99. The first kappa shape index (κ1) is 10.6. The molecule has 4 rings (SSSR count). The van der Waals surface area contributed by atoms with Crippen LogP contribution < -0.4 is 4.57 Å². The Morgan fingerprint density at radius 2 is 1.63 bits per heavy atom. The molecule has 0 bridgehead atoms. The number of fused-ring (bicyclic) bond motifs is 4. The van der Waals surface area contributed by atoms with Crippen LogP contribution in [-0.4, -0.2) is 4.57 Å². The topological polar surface area (TPSA) is 8.81 Å². The summed E-state index contributed by atoms with van der Waals surface area (Å²) >= 11 is 0. The molecule has 4 aromatic rings. The zero-order chi connectivity index (χ0) is 13.0. The van der Waals surface area contributed by atoms with Gasteiger partial charge in [0.25, 0.3) is 5.65 Å². The summed E-state index contributed by atoms with van der Waals surface area (Å²) in [7, 11) is 4.28. The van der Waals surface area contributed by atoms with Gasteiger partial charge in [-0.3, -0.25) is 0 Å². The molecule has 0 radical (unpaired) electrons. The molecule has 2 heteroatoms. The summed E-state index contributed by atoms with van der Waals surface area (Å²) in [5.41, 5.74) is 3.81. The zero-order valence-corrected chi connectivity index (χ0v) is 11.1. The first-order chi connectivity index (χ1) is 9.27. The van der Waals surface area contributed by atoms with E-state index in [0.717, 1.165) is 0 Å². The van der Waals surface area contributed by atoms with Crippen molar-refractivity contribution in [2.75, 3.05) is 0 Å². The lowest BCUT2D eigenvalue weighted by molar-refractivity contribution is -0.620. The van der Waals surface area contributed by atoms with Gasteiger partial charge in [-0.2, -0.15) is 0 Å². The Labute approximate surface area is 111 Å². The van der Waals surface area contributed by atoms with E-state index in [9.17, 15) is 0 Å². The predicted octanol–water partition coefficient (Wildman–Crippen LogP) is 3.31. The Bertz CT molecular complexity index is 926. The number of benzene rings is 2. The van der Waals surface area contributed by atoms with Crippen molar-refractivity contribution in [3.05, 3.63) is 54.6 Å². The highest BCUT2D eigenvalue weighted by molar-refractivity contribution is 6.08. The molecule has 0 N–H and O–H groups in total. The molecule has 2 heterocycles. The second-order valence-electron chi connectivity index (χ2n) is 5.08. The first-order valence-corrected chi connectivity index (χ1v) is 6.52. The fraction of sp³-hybridized carbons (Fsp3) is 0.118. The average molecular weight is 247 g/mol. The Balaban J connectivity index is 2.38. The number of aryl methyl sites for hydroxylation is 2. The summed E-state index contributed by atoms with van der Waals surface area (Å²) in [5, 5.41) is 3.93. The van der Waals surface area contributed by atoms with Crippen molar-refractivity contribution < 1.29 is 4.57 Å². The zero-order valence-electron chi connectivity index (χ0n) is 11.1. The van der Waals surface area contributed by atoms with E-state index in [1.807, 2.05) is 0 Å².